The molecular weight excluding hydrogens is 114 g/mol. The number of likely N-dealkylation sites (N-methyl/N-ethyl adjacent to an activating group) is 1. The molecule has 0 radical (unpaired) electrons. The van der Waals surface area contributed by atoms with E-state index in [1.54, 1.807) is 6.20 Å². The third-order valence-electron chi connectivity index (χ3n) is 0.829. The van der Waals surface area contributed by atoms with E-state index >= 15 is 0 Å². The van der Waals surface area contributed by atoms with Crippen LogP contribution in [0.1, 0.15) is 0 Å². The van der Waals surface area contributed by atoms with Crippen molar-refractivity contribution in [3.8, 4) is 0 Å². The molecule has 0 amide bonds. The average Bonchev–Trinajstić information content (AvgIpc) is 1.63. The summed E-state index contributed by atoms with van der Waals surface area (Å²) >= 11 is 0. The van der Waals surface area contributed by atoms with Crippen LogP contribution in [0.15, 0.2) is 11.9 Å². The van der Waals surface area contributed by atoms with Crippen LogP contribution >= 0.6 is 0 Å². The van der Waals surface area contributed by atoms with Crippen molar-refractivity contribution in [2.24, 2.45) is 5.73 Å². The molecule has 0 aliphatic rings. The molecule has 0 rings (SSSR count). The number of rotatable bonds is 3. The van der Waals surface area contributed by atoms with E-state index in [1.807, 2.05) is 26.0 Å². The van der Waals surface area contributed by atoms with E-state index in [4.69, 9.17) is 5.73 Å². The van der Waals surface area contributed by atoms with E-state index in [1.165, 1.54) is 0 Å². The lowest BCUT2D eigenvalue weighted by Crippen LogP contribution is -2.20. The Kier molecular flexibility index (Phi) is 3.88. The zero-order chi connectivity index (χ0) is 7.28. The molecule has 0 unspecified atom stereocenters. The van der Waals surface area contributed by atoms with Gasteiger partial charge in [0.2, 0.25) is 0 Å². The van der Waals surface area contributed by atoms with Crippen molar-refractivity contribution in [2.45, 2.75) is 0 Å². The lowest BCUT2D eigenvalue weighted by atomic mass is 10.4. The summed E-state index contributed by atoms with van der Waals surface area (Å²) in [5.41, 5.74) is 6.39. The maximum Gasteiger partial charge on any atom is 0.0388 e. The van der Waals surface area contributed by atoms with Crippen LogP contribution in [0.5, 0.6) is 0 Å². The Balaban J connectivity index is 3.49. The van der Waals surface area contributed by atoms with Crippen LogP contribution in [0.25, 0.3) is 0 Å². The Hall–Kier alpha value is -0.700. The highest BCUT2D eigenvalue weighted by Crippen LogP contribution is 1.82. The van der Waals surface area contributed by atoms with Crippen LogP contribution in [0.2, 0.25) is 0 Å². The molecule has 3 N–H and O–H groups in total. The van der Waals surface area contributed by atoms with Crippen LogP contribution < -0.4 is 11.1 Å². The zero-order valence-corrected chi connectivity index (χ0v) is 6.31. The van der Waals surface area contributed by atoms with Gasteiger partial charge in [-0.3, -0.25) is 0 Å². The number of nitrogens with one attached hydrogen (secondary N) is 1. The highest BCUT2D eigenvalue weighted by molar-refractivity contribution is 4.96. The van der Waals surface area contributed by atoms with Gasteiger partial charge in [0.1, 0.15) is 0 Å². The molecule has 9 heavy (non-hydrogen) atoms. The van der Waals surface area contributed by atoms with Gasteiger partial charge in [-0.15, -0.1) is 0 Å². The van der Waals surface area contributed by atoms with Crippen LogP contribution in [-0.2, 0) is 0 Å². The molecule has 0 aliphatic heterocycles. The molecule has 0 aromatic rings. The summed E-state index contributed by atoms with van der Waals surface area (Å²) in [4.78, 5) is 2.02. The summed E-state index contributed by atoms with van der Waals surface area (Å²) in [5, 5.41) is 2.86. The number of hydrogen-bond acceptors (Lipinski definition) is 3. The van der Waals surface area contributed by atoms with Gasteiger partial charge >= 0.3 is 0 Å². The molecule has 54 valence electrons. The normalized spacial score (nSPS) is 12.2. The van der Waals surface area contributed by atoms with Gasteiger partial charge in [0.05, 0.1) is 0 Å². The predicted molar refractivity (Wildman–Crippen MR) is 39.9 cm³/mol. The molecule has 0 aliphatic carbocycles. The van der Waals surface area contributed by atoms with Gasteiger partial charge in [-0.1, -0.05) is 0 Å². The summed E-state index contributed by atoms with van der Waals surface area (Å²) in [6, 6.07) is 0. The third-order valence-corrected chi connectivity index (χ3v) is 0.829. The quantitative estimate of drug-likeness (QED) is 0.543. The van der Waals surface area contributed by atoms with Crippen molar-refractivity contribution in [2.75, 3.05) is 27.7 Å². The summed E-state index contributed by atoms with van der Waals surface area (Å²) in [6.07, 6.45) is 1.79. The standard InChI is InChI=1S/C6H15N3/c1-8-4-6(7)5-9(2)3/h4,8H,5,7H2,1-3H3/b6-4-. The van der Waals surface area contributed by atoms with Crippen molar-refractivity contribution in [3.63, 3.8) is 0 Å². The van der Waals surface area contributed by atoms with Crippen molar-refractivity contribution < 1.29 is 0 Å². The Morgan fingerprint density at radius 3 is 2.56 bits per heavy atom. The molecule has 0 heterocycles. The highest BCUT2D eigenvalue weighted by atomic mass is 15.1. The SMILES string of the molecule is CN/C=C(\N)CN(C)C. The topological polar surface area (TPSA) is 41.3 Å². The molecule has 0 aromatic carbocycles. The lowest BCUT2D eigenvalue weighted by molar-refractivity contribution is 0.442. The highest BCUT2D eigenvalue weighted by Gasteiger charge is 1.89. The van der Waals surface area contributed by atoms with Gasteiger partial charge < -0.3 is 16.0 Å². The first-order valence-electron chi connectivity index (χ1n) is 2.93. The van der Waals surface area contributed by atoms with Crippen LogP contribution in [0.4, 0.5) is 0 Å². The van der Waals surface area contributed by atoms with E-state index in [2.05, 4.69) is 5.32 Å². The average molecular weight is 129 g/mol. The van der Waals surface area contributed by atoms with Gasteiger partial charge in [0.15, 0.2) is 0 Å². The van der Waals surface area contributed by atoms with Crippen molar-refractivity contribution in [1.82, 2.24) is 10.2 Å². The van der Waals surface area contributed by atoms with E-state index < -0.39 is 0 Å². The predicted octanol–water partition coefficient (Wildman–Crippen LogP) is -0.432. The van der Waals surface area contributed by atoms with Crippen molar-refractivity contribution in [3.05, 3.63) is 11.9 Å². The van der Waals surface area contributed by atoms with Gasteiger partial charge in [-0.2, -0.15) is 0 Å². The van der Waals surface area contributed by atoms with Crippen LogP contribution in [0, 0.1) is 0 Å². The molecule has 3 nitrogen and oxygen atoms in total. The largest absolute Gasteiger partial charge is 0.400 e. The lowest BCUT2D eigenvalue weighted by Gasteiger charge is -2.08. The minimum atomic E-state index is 0.806. The van der Waals surface area contributed by atoms with E-state index in [9.17, 15) is 0 Å². The first-order chi connectivity index (χ1) is 4.16. The second-order valence-corrected chi connectivity index (χ2v) is 2.25. The van der Waals surface area contributed by atoms with Gasteiger partial charge in [0, 0.05) is 25.5 Å². The van der Waals surface area contributed by atoms with E-state index in [-0.39, 0.29) is 0 Å². The second-order valence-electron chi connectivity index (χ2n) is 2.25. The van der Waals surface area contributed by atoms with Gasteiger partial charge in [0.25, 0.3) is 0 Å². The molecular formula is C6H15N3. The van der Waals surface area contributed by atoms with E-state index in [0.29, 0.717) is 0 Å². The fourth-order valence-corrected chi connectivity index (χ4v) is 0.596. The van der Waals surface area contributed by atoms with Crippen molar-refractivity contribution >= 4 is 0 Å². The molecule has 0 spiro atoms. The molecule has 3 heteroatoms. The maximum absolute atomic E-state index is 5.54. The first kappa shape index (κ1) is 8.30. The van der Waals surface area contributed by atoms with Crippen LogP contribution in [0.3, 0.4) is 0 Å². The maximum atomic E-state index is 5.54. The Morgan fingerprint density at radius 2 is 2.22 bits per heavy atom. The Bertz CT molecular complexity index is 96.5. The Labute approximate surface area is 56.5 Å². The minimum absolute atomic E-state index is 0.806. The summed E-state index contributed by atoms with van der Waals surface area (Å²) in [6.45, 7) is 0.806. The minimum Gasteiger partial charge on any atom is -0.400 e. The fourth-order valence-electron chi connectivity index (χ4n) is 0.596. The zero-order valence-electron chi connectivity index (χ0n) is 6.31. The number of nitrogens with two attached hydrogens (primary N) is 1. The van der Waals surface area contributed by atoms with Gasteiger partial charge in [-0.25, -0.2) is 0 Å². The molecule has 0 saturated carbocycles. The number of hydrogen-bond donors (Lipinski definition) is 2. The van der Waals surface area contributed by atoms with Crippen LogP contribution in [-0.4, -0.2) is 32.6 Å². The summed E-state index contributed by atoms with van der Waals surface area (Å²) in [7, 11) is 5.80. The molecule has 0 bridgehead atoms. The molecule has 0 aromatic heterocycles. The van der Waals surface area contributed by atoms with Crippen molar-refractivity contribution in [1.29, 1.82) is 0 Å². The fraction of sp³-hybridized carbons (Fsp3) is 0.667. The smallest absolute Gasteiger partial charge is 0.0388 e. The van der Waals surface area contributed by atoms with E-state index in [0.717, 1.165) is 12.2 Å². The molecule has 0 fully saturated rings. The third kappa shape index (κ3) is 5.17. The number of nitrogens with zero attached hydrogens (tertiary/aromatic N) is 1. The second kappa shape index (κ2) is 4.21. The summed E-state index contributed by atoms with van der Waals surface area (Å²) in [5.74, 6) is 0. The summed E-state index contributed by atoms with van der Waals surface area (Å²) < 4.78 is 0. The molecule has 0 saturated heterocycles. The Morgan fingerprint density at radius 1 is 1.67 bits per heavy atom. The van der Waals surface area contributed by atoms with Gasteiger partial charge in [-0.05, 0) is 14.1 Å². The molecule has 0 atom stereocenters. The monoisotopic (exact) mass is 129 g/mol. The first-order valence-corrected chi connectivity index (χ1v) is 2.93.